The summed E-state index contributed by atoms with van der Waals surface area (Å²) in [5, 5.41) is 3.33. The zero-order valence-electron chi connectivity index (χ0n) is 18.3. The third kappa shape index (κ3) is 7.47. The minimum atomic E-state index is -0.891. The molecule has 2 rings (SSSR count). The van der Waals surface area contributed by atoms with Crippen molar-refractivity contribution >= 4 is 23.2 Å². The molecule has 1 heterocycles. The van der Waals surface area contributed by atoms with Crippen LogP contribution in [0.4, 0.5) is 8.78 Å². The summed E-state index contributed by atoms with van der Waals surface area (Å²) in [4.78, 5) is 16.6. The summed E-state index contributed by atoms with van der Waals surface area (Å²) in [7, 11) is 1.95. The molecule has 0 radical (unpaired) electrons. The monoisotopic (exact) mass is 441 g/mol. The van der Waals surface area contributed by atoms with Crippen LogP contribution in [-0.4, -0.2) is 60.2 Å². The van der Waals surface area contributed by atoms with Crippen molar-refractivity contribution in [1.82, 2.24) is 15.1 Å². The minimum absolute atomic E-state index is 0.0672. The zero-order chi connectivity index (χ0) is 22.3. The van der Waals surface area contributed by atoms with Gasteiger partial charge in [-0.15, -0.1) is 0 Å². The van der Waals surface area contributed by atoms with E-state index in [1.165, 1.54) is 6.07 Å². The average molecular weight is 442 g/mol. The Hall–Kier alpha value is -1.80. The van der Waals surface area contributed by atoms with Crippen molar-refractivity contribution in [2.45, 2.75) is 52.5 Å². The molecule has 0 unspecified atom stereocenters. The number of hydrogen-bond acceptors (Lipinski definition) is 4. The fourth-order valence-electron chi connectivity index (χ4n) is 3.26. The molecule has 1 aromatic rings. The molecule has 1 aromatic carbocycles. The first-order valence-corrected chi connectivity index (χ1v) is 10.9. The SMILES string of the molecule is CN(C(=S)NC(=O)C(C)(C)C)C1CCN(CCCCOc2ccc(F)c(F)c2)CC1. The quantitative estimate of drug-likeness (QED) is 0.513. The third-order valence-corrected chi connectivity index (χ3v) is 5.75. The maximum Gasteiger partial charge on any atom is 0.231 e. The van der Waals surface area contributed by atoms with Crippen LogP contribution < -0.4 is 10.1 Å². The van der Waals surface area contributed by atoms with E-state index in [0.717, 1.165) is 57.5 Å². The van der Waals surface area contributed by atoms with E-state index in [1.54, 1.807) is 0 Å². The van der Waals surface area contributed by atoms with Crippen LogP contribution in [0.15, 0.2) is 18.2 Å². The molecule has 0 aromatic heterocycles. The minimum Gasteiger partial charge on any atom is -0.493 e. The van der Waals surface area contributed by atoms with Crippen LogP contribution in [0, 0.1) is 17.0 Å². The number of benzene rings is 1. The largest absolute Gasteiger partial charge is 0.493 e. The fourth-order valence-corrected chi connectivity index (χ4v) is 3.50. The van der Waals surface area contributed by atoms with Crippen molar-refractivity contribution in [3.8, 4) is 5.75 Å². The van der Waals surface area contributed by atoms with Gasteiger partial charge < -0.3 is 19.9 Å². The predicted molar refractivity (Wildman–Crippen MR) is 119 cm³/mol. The highest BCUT2D eigenvalue weighted by Crippen LogP contribution is 2.18. The van der Waals surface area contributed by atoms with Gasteiger partial charge in [-0.05, 0) is 56.6 Å². The molecule has 1 fully saturated rings. The highest BCUT2D eigenvalue weighted by Gasteiger charge is 2.27. The number of unbranched alkanes of at least 4 members (excludes halogenated alkanes) is 1. The molecule has 0 spiro atoms. The lowest BCUT2D eigenvalue weighted by Crippen LogP contribution is -2.51. The number of thiocarbonyl (C=S) groups is 1. The second-order valence-corrected chi connectivity index (χ2v) is 9.21. The van der Waals surface area contributed by atoms with Gasteiger partial charge in [0.2, 0.25) is 5.91 Å². The average Bonchev–Trinajstić information content (AvgIpc) is 2.69. The molecule has 1 aliphatic heterocycles. The van der Waals surface area contributed by atoms with Gasteiger partial charge in [0.1, 0.15) is 5.75 Å². The summed E-state index contributed by atoms with van der Waals surface area (Å²) < 4.78 is 31.5. The van der Waals surface area contributed by atoms with Gasteiger partial charge in [-0.25, -0.2) is 8.78 Å². The van der Waals surface area contributed by atoms with Gasteiger partial charge in [0, 0.05) is 37.7 Å². The van der Waals surface area contributed by atoms with E-state index in [2.05, 4.69) is 10.2 Å². The van der Waals surface area contributed by atoms with E-state index in [1.807, 2.05) is 32.7 Å². The number of hydrogen-bond donors (Lipinski definition) is 1. The van der Waals surface area contributed by atoms with Crippen molar-refractivity contribution in [3.05, 3.63) is 29.8 Å². The first-order chi connectivity index (χ1) is 14.1. The number of nitrogens with one attached hydrogen (secondary N) is 1. The Morgan fingerprint density at radius 2 is 1.90 bits per heavy atom. The Morgan fingerprint density at radius 1 is 1.23 bits per heavy atom. The van der Waals surface area contributed by atoms with Crippen LogP contribution in [-0.2, 0) is 4.79 Å². The molecule has 1 aliphatic rings. The molecule has 1 N–H and O–H groups in total. The van der Waals surface area contributed by atoms with E-state index >= 15 is 0 Å². The van der Waals surface area contributed by atoms with Crippen LogP contribution in [0.25, 0.3) is 0 Å². The normalized spacial score (nSPS) is 15.7. The highest BCUT2D eigenvalue weighted by atomic mass is 32.1. The molecule has 0 bridgehead atoms. The summed E-state index contributed by atoms with van der Waals surface area (Å²) in [6.07, 6.45) is 3.81. The smallest absolute Gasteiger partial charge is 0.231 e. The summed E-state index contributed by atoms with van der Waals surface area (Å²) in [5.74, 6) is -1.47. The Balaban J connectivity index is 1.62. The fraction of sp³-hybridized carbons (Fsp3) is 0.636. The topological polar surface area (TPSA) is 44.8 Å². The van der Waals surface area contributed by atoms with Crippen molar-refractivity contribution in [2.24, 2.45) is 5.41 Å². The van der Waals surface area contributed by atoms with Crippen molar-refractivity contribution in [3.63, 3.8) is 0 Å². The van der Waals surface area contributed by atoms with Crippen LogP contribution in [0.2, 0.25) is 0 Å². The van der Waals surface area contributed by atoms with E-state index in [9.17, 15) is 13.6 Å². The molecule has 8 heteroatoms. The maximum atomic E-state index is 13.2. The third-order valence-electron chi connectivity index (χ3n) is 5.36. The zero-order valence-corrected chi connectivity index (χ0v) is 19.2. The number of nitrogens with zero attached hydrogens (tertiary/aromatic N) is 2. The van der Waals surface area contributed by atoms with Gasteiger partial charge in [-0.2, -0.15) is 0 Å². The maximum absolute atomic E-state index is 13.2. The van der Waals surface area contributed by atoms with Crippen LogP contribution in [0.5, 0.6) is 5.75 Å². The summed E-state index contributed by atoms with van der Waals surface area (Å²) in [6, 6.07) is 3.91. The molecule has 30 heavy (non-hydrogen) atoms. The molecule has 0 atom stereocenters. The van der Waals surface area contributed by atoms with Crippen LogP contribution in [0.1, 0.15) is 46.5 Å². The number of halogens is 2. The van der Waals surface area contributed by atoms with Gasteiger partial charge in [0.05, 0.1) is 6.61 Å². The van der Waals surface area contributed by atoms with E-state index in [4.69, 9.17) is 17.0 Å². The number of piperidine rings is 1. The molecule has 168 valence electrons. The van der Waals surface area contributed by atoms with E-state index in [-0.39, 0.29) is 5.91 Å². The van der Waals surface area contributed by atoms with Crippen LogP contribution >= 0.6 is 12.2 Å². The number of rotatable bonds is 7. The molecular formula is C22H33F2N3O2S. The van der Waals surface area contributed by atoms with Gasteiger partial charge in [0.15, 0.2) is 16.7 Å². The lowest BCUT2D eigenvalue weighted by atomic mass is 9.96. The Morgan fingerprint density at radius 3 is 2.50 bits per heavy atom. The highest BCUT2D eigenvalue weighted by molar-refractivity contribution is 7.80. The summed E-state index contributed by atoms with van der Waals surface area (Å²) in [6.45, 7) is 9.02. The Bertz CT molecular complexity index is 732. The van der Waals surface area contributed by atoms with Crippen molar-refractivity contribution in [2.75, 3.05) is 33.3 Å². The van der Waals surface area contributed by atoms with Gasteiger partial charge in [-0.3, -0.25) is 4.79 Å². The molecular weight excluding hydrogens is 408 g/mol. The first kappa shape index (κ1) is 24.5. The van der Waals surface area contributed by atoms with Gasteiger partial charge in [-0.1, -0.05) is 20.8 Å². The standard InChI is InChI=1S/C22H33F2N3O2S/c1-22(2,3)20(28)25-21(30)26(4)16-9-12-27(13-10-16)11-5-6-14-29-17-7-8-18(23)19(24)15-17/h7-8,15-16H,5-6,9-14H2,1-4H3,(H,25,28,30). The molecule has 5 nitrogen and oxygen atoms in total. The number of carbonyl (C=O) groups excluding carboxylic acids is 1. The number of amides is 1. The Labute approximate surface area is 183 Å². The number of likely N-dealkylation sites (tertiary alicyclic amines) is 1. The van der Waals surface area contributed by atoms with E-state index in [0.29, 0.717) is 23.5 Å². The summed E-state index contributed by atoms with van der Waals surface area (Å²) in [5.41, 5.74) is -0.469. The number of ether oxygens (including phenoxy) is 1. The van der Waals surface area contributed by atoms with Gasteiger partial charge in [0.25, 0.3) is 0 Å². The molecule has 0 saturated carbocycles. The Kier molecular flexibility index (Phi) is 8.97. The van der Waals surface area contributed by atoms with Crippen molar-refractivity contribution < 1.29 is 18.3 Å². The second-order valence-electron chi connectivity index (χ2n) is 8.82. The molecule has 0 aliphatic carbocycles. The molecule has 1 amide bonds. The lowest BCUT2D eigenvalue weighted by Gasteiger charge is -2.38. The predicted octanol–water partition coefficient (Wildman–Crippen LogP) is 3.97. The first-order valence-electron chi connectivity index (χ1n) is 10.5. The second kappa shape index (κ2) is 11.0. The van der Waals surface area contributed by atoms with Gasteiger partial charge >= 0.3 is 0 Å². The van der Waals surface area contributed by atoms with Crippen molar-refractivity contribution in [1.29, 1.82) is 0 Å². The lowest BCUT2D eigenvalue weighted by molar-refractivity contribution is -0.127. The molecule has 1 saturated heterocycles. The van der Waals surface area contributed by atoms with E-state index < -0.39 is 17.0 Å². The van der Waals surface area contributed by atoms with Crippen LogP contribution in [0.3, 0.4) is 0 Å². The summed E-state index contributed by atoms with van der Waals surface area (Å²) >= 11 is 5.41. The number of carbonyl (C=O) groups is 1.